The lowest BCUT2D eigenvalue weighted by Crippen LogP contribution is -2.03. The minimum Gasteiger partial charge on any atom is -0.493 e. The van der Waals surface area contributed by atoms with E-state index in [1.807, 2.05) is 24.8 Å². The zero-order valence-corrected chi connectivity index (χ0v) is 11.3. The Hall–Kier alpha value is -0.765. The molecule has 0 saturated carbocycles. The molecule has 0 saturated heterocycles. The van der Waals surface area contributed by atoms with Crippen LogP contribution in [0.1, 0.15) is 18.3 Å². The number of thioether (sulfide) groups is 1. The molecule has 1 rings (SSSR count). The van der Waals surface area contributed by atoms with Gasteiger partial charge < -0.3 is 9.47 Å². The molecule has 88 valence electrons. The van der Waals surface area contributed by atoms with Crippen molar-refractivity contribution in [2.45, 2.75) is 12.7 Å². The first-order chi connectivity index (χ1) is 7.72. The number of ether oxygens (including phenoxy) is 2. The molecule has 0 unspecified atom stereocenters. The van der Waals surface area contributed by atoms with Crippen molar-refractivity contribution in [2.24, 2.45) is 0 Å². The van der Waals surface area contributed by atoms with Crippen LogP contribution in [0.4, 0.5) is 0 Å². The lowest BCUT2D eigenvalue weighted by Gasteiger charge is -2.14. The van der Waals surface area contributed by atoms with Gasteiger partial charge in [0.2, 0.25) is 0 Å². The van der Waals surface area contributed by atoms with E-state index < -0.39 is 0 Å². The van der Waals surface area contributed by atoms with Gasteiger partial charge in [-0.3, -0.25) is 0 Å². The standard InChI is InChI=1S/C12H19BO2S/c1-4-15-12-7-9(10(13)8-16-3)5-6-11(12)14-2/h5-7,10H,4,8,13H2,1-3H3/t10-/m0/s1. The molecule has 1 aromatic rings. The highest BCUT2D eigenvalue weighted by Gasteiger charge is 2.09. The molecular weight excluding hydrogens is 219 g/mol. The molecule has 2 nitrogen and oxygen atoms in total. The fraction of sp³-hybridized carbons (Fsp3) is 0.500. The van der Waals surface area contributed by atoms with Gasteiger partial charge in [0.25, 0.3) is 0 Å². The van der Waals surface area contributed by atoms with Gasteiger partial charge in [-0.25, -0.2) is 0 Å². The van der Waals surface area contributed by atoms with E-state index in [1.54, 1.807) is 7.11 Å². The summed E-state index contributed by atoms with van der Waals surface area (Å²) in [6.07, 6.45) is 2.13. The fourth-order valence-electron chi connectivity index (χ4n) is 1.61. The highest BCUT2D eigenvalue weighted by Crippen LogP contribution is 2.30. The van der Waals surface area contributed by atoms with Crippen LogP contribution < -0.4 is 9.47 Å². The largest absolute Gasteiger partial charge is 0.493 e. The maximum atomic E-state index is 5.57. The zero-order valence-electron chi connectivity index (χ0n) is 10.4. The summed E-state index contributed by atoms with van der Waals surface area (Å²) in [6, 6.07) is 6.18. The maximum absolute atomic E-state index is 5.57. The second-order valence-electron chi connectivity index (χ2n) is 3.70. The van der Waals surface area contributed by atoms with Crippen LogP contribution in [0.2, 0.25) is 0 Å². The fourth-order valence-corrected chi connectivity index (χ4v) is 2.31. The van der Waals surface area contributed by atoms with Crippen LogP contribution in [0.5, 0.6) is 11.5 Å². The van der Waals surface area contributed by atoms with Gasteiger partial charge in [0.1, 0.15) is 7.85 Å². The molecule has 0 aliphatic heterocycles. The second kappa shape index (κ2) is 6.74. The Kier molecular flexibility index (Phi) is 5.60. The van der Waals surface area contributed by atoms with E-state index in [2.05, 4.69) is 26.2 Å². The van der Waals surface area contributed by atoms with Crippen LogP contribution in [0.25, 0.3) is 0 Å². The predicted octanol–water partition coefficient (Wildman–Crippen LogP) is 2.13. The van der Waals surface area contributed by atoms with Crippen molar-refractivity contribution < 1.29 is 9.47 Å². The summed E-state index contributed by atoms with van der Waals surface area (Å²) in [5, 5.41) is 0. The number of rotatable bonds is 6. The Balaban J connectivity index is 2.91. The van der Waals surface area contributed by atoms with E-state index in [1.165, 1.54) is 5.56 Å². The van der Waals surface area contributed by atoms with Crippen molar-refractivity contribution >= 4 is 19.6 Å². The van der Waals surface area contributed by atoms with Gasteiger partial charge in [0.05, 0.1) is 13.7 Å². The van der Waals surface area contributed by atoms with Crippen molar-refractivity contribution in [3.05, 3.63) is 23.8 Å². The molecule has 0 aromatic heterocycles. The summed E-state index contributed by atoms with van der Waals surface area (Å²) >= 11 is 1.86. The molecule has 4 heteroatoms. The van der Waals surface area contributed by atoms with Crippen molar-refractivity contribution in [3.8, 4) is 11.5 Å². The highest BCUT2D eigenvalue weighted by molar-refractivity contribution is 7.98. The second-order valence-corrected chi connectivity index (χ2v) is 4.61. The molecule has 0 aliphatic carbocycles. The Morgan fingerprint density at radius 3 is 2.69 bits per heavy atom. The van der Waals surface area contributed by atoms with Gasteiger partial charge >= 0.3 is 0 Å². The first-order valence-electron chi connectivity index (χ1n) is 5.52. The summed E-state index contributed by atoms with van der Waals surface area (Å²) in [5.41, 5.74) is 1.30. The van der Waals surface area contributed by atoms with E-state index in [-0.39, 0.29) is 0 Å². The Labute approximate surface area is 103 Å². The van der Waals surface area contributed by atoms with Crippen LogP contribution in [-0.4, -0.2) is 33.6 Å². The third-order valence-electron chi connectivity index (χ3n) is 2.47. The molecule has 0 N–H and O–H groups in total. The first kappa shape index (κ1) is 13.3. The van der Waals surface area contributed by atoms with E-state index in [0.29, 0.717) is 12.4 Å². The van der Waals surface area contributed by atoms with Crippen LogP contribution in [-0.2, 0) is 0 Å². The van der Waals surface area contributed by atoms with Gasteiger partial charge in [0, 0.05) is 0 Å². The summed E-state index contributed by atoms with van der Waals surface area (Å²) in [5.74, 6) is 3.32. The van der Waals surface area contributed by atoms with Gasteiger partial charge in [0.15, 0.2) is 11.5 Å². The van der Waals surface area contributed by atoms with Crippen molar-refractivity contribution in [1.29, 1.82) is 0 Å². The van der Waals surface area contributed by atoms with E-state index in [4.69, 9.17) is 9.47 Å². The Morgan fingerprint density at radius 2 is 2.12 bits per heavy atom. The smallest absolute Gasteiger partial charge is 0.161 e. The van der Waals surface area contributed by atoms with E-state index in [0.717, 1.165) is 17.3 Å². The number of methoxy groups -OCH3 is 1. The molecule has 1 atom stereocenters. The van der Waals surface area contributed by atoms with Crippen LogP contribution in [0.15, 0.2) is 18.2 Å². The maximum Gasteiger partial charge on any atom is 0.161 e. The topological polar surface area (TPSA) is 18.5 Å². The summed E-state index contributed by atoms with van der Waals surface area (Å²) in [4.78, 5) is 0. The lowest BCUT2D eigenvalue weighted by molar-refractivity contribution is 0.310. The van der Waals surface area contributed by atoms with Crippen molar-refractivity contribution in [2.75, 3.05) is 25.7 Å². The third-order valence-corrected chi connectivity index (χ3v) is 3.31. The summed E-state index contributed by atoms with van der Waals surface area (Å²) < 4.78 is 10.8. The van der Waals surface area contributed by atoms with Crippen LogP contribution in [0, 0.1) is 0 Å². The minimum atomic E-state index is 0.542. The van der Waals surface area contributed by atoms with Gasteiger partial charge in [-0.1, -0.05) is 6.07 Å². The van der Waals surface area contributed by atoms with Crippen LogP contribution >= 0.6 is 11.8 Å². The minimum absolute atomic E-state index is 0.542. The molecular formula is C12H19BO2S. The number of hydrogen-bond acceptors (Lipinski definition) is 3. The Morgan fingerprint density at radius 1 is 1.38 bits per heavy atom. The molecule has 0 aliphatic rings. The molecule has 0 bridgehead atoms. The molecule has 0 fully saturated rings. The monoisotopic (exact) mass is 238 g/mol. The van der Waals surface area contributed by atoms with Crippen molar-refractivity contribution in [3.63, 3.8) is 0 Å². The van der Waals surface area contributed by atoms with Gasteiger partial charge in [-0.05, 0) is 42.4 Å². The summed E-state index contributed by atoms with van der Waals surface area (Å²) in [6.45, 7) is 2.65. The average Bonchev–Trinajstić information content (AvgIpc) is 2.29. The SMILES string of the molecule is B[C@@H](CSC)c1ccc(OC)c(OCC)c1. The van der Waals surface area contributed by atoms with E-state index in [9.17, 15) is 0 Å². The molecule has 0 radical (unpaired) electrons. The summed E-state index contributed by atoms with van der Waals surface area (Å²) in [7, 11) is 3.90. The average molecular weight is 238 g/mol. The number of hydrogen-bond donors (Lipinski definition) is 0. The van der Waals surface area contributed by atoms with Gasteiger partial charge in [-0.2, -0.15) is 11.8 Å². The van der Waals surface area contributed by atoms with Crippen molar-refractivity contribution in [1.82, 2.24) is 0 Å². The molecule has 0 heterocycles. The highest BCUT2D eigenvalue weighted by atomic mass is 32.2. The Bertz CT molecular complexity index is 331. The molecule has 16 heavy (non-hydrogen) atoms. The van der Waals surface area contributed by atoms with E-state index >= 15 is 0 Å². The predicted molar refractivity (Wildman–Crippen MR) is 73.8 cm³/mol. The lowest BCUT2D eigenvalue weighted by atomic mass is 9.82. The molecule has 0 spiro atoms. The normalized spacial score (nSPS) is 12.2. The first-order valence-corrected chi connectivity index (χ1v) is 6.92. The quantitative estimate of drug-likeness (QED) is 0.707. The van der Waals surface area contributed by atoms with Crippen LogP contribution in [0.3, 0.4) is 0 Å². The third kappa shape index (κ3) is 3.37. The zero-order chi connectivity index (χ0) is 12.0. The van der Waals surface area contributed by atoms with Gasteiger partial charge in [-0.15, -0.1) is 0 Å². The molecule has 1 aromatic carbocycles. The molecule has 0 amide bonds. The number of benzene rings is 1.